The van der Waals surface area contributed by atoms with Crippen LogP contribution in [-0.4, -0.2) is 38.4 Å². The topological polar surface area (TPSA) is 73.7 Å². The summed E-state index contributed by atoms with van der Waals surface area (Å²) in [5.41, 5.74) is 2.31. The van der Waals surface area contributed by atoms with Crippen molar-refractivity contribution in [1.29, 1.82) is 0 Å². The Morgan fingerprint density at radius 3 is 2.39 bits per heavy atom. The van der Waals surface area contributed by atoms with Crippen LogP contribution in [0.5, 0.6) is 0 Å². The van der Waals surface area contributed by atoms with Crippen molar-refractivity contribution in [3.63, 3.8) is 0 Å². The van der Waals surface area contributed by atoms with E-state index in [2.05, 4.69) is 25.1 Å². The van der Waals surface area contributed by atoms with Gasteiger partial charge in [-0.3, -0.25) is 0 Å². The minimum absolute atomic E-state index is 0.282. The van der Waals surface area contributed by atoms with Gasteiger partial charge in [0.2, 0.25) is 0 Å². The van der Waals surface area contributed by atoms with Crippen LogP contribution < -0.4 is 0 Å². The zero-order valence-corrected chi connectivity index (χ0v) is 19.2. The monoisotopic (exact) mass is 469 g/mol. The second kappa shape index (κ2) is 11.3. The highest BCUT2D eigenvalue weighted by Gasteiger charge is 2.28. The Kier molecular flexibility index (Phi) is 7.96. The second-order valence-corrected chi connectivity index (χ2v) is 8.89. The van der Waals surface area contributed by atoms with Gasteiger partial charge in [0, 0.05) is 37.0 Å². The Morgan fingerprint density at radius 2 is 1.85 bits per heavy atom. The van der Waals surface area contributed by atoms with Gasteiger partial charge in [0.1, 0.15) is 22.7 Å². The summed E-state index contributed by atoms with van der Waals surface area (Å²) in [6.45, 7) is 3.91. The van der Waals surface area contributed by atoms with E-state index < -0.39 is 11.6 Å². The molecule has 0 spiro atoms. The van der Waals surface area contributed by atoms with Crippen molar-refractivity contribution in [2.24, 2.45) is 0 Å². The molecular formula is C24H25F2N5OS. The summed E-state index contributed by atoms with van der Waals surface area (Å²) in [5.74, 6) is -0.703. The first kappa shape index (κ1) is 23.3. The molecule has 4 heterocycles. The molecule has 1 saturated heterocycles. The molecule has 0 unspecified atom stereocenters. The van der Waals surface area contributed by atoms with Crippen molar-refractivity contribution >= 4 is 21.7 Å². The Morgan fingerprint density at radius 1 is 1.03 bits per heavy atom. The minimum atomic E-state index is -0.619. The lowest BCUT2D eigenvalue weighted by Gasteiger charge is -2.08. The number of thiazole rings is 1. The molecule has 1 aliphatic carbocycles. The van der Waals surface area contributed by atoms with E-state index >= 15 is 0 Å². The predicted molar refractivity (Wildman–Crippen MR) is 124 cm³/mol. The Bertz CT molecular complexity index is 1170. The van der Waals surface area contributed by atoms with Crippen molar-refractivity contribution in [1.82, 2.24) is 25.1 Å². The summed E-state index contributed by atoms with van der Waals surface area (Å²) in [7, 11) is 0. The van der Waals surface area contributed by atoms with Crippen LogP contribution in [0.4, 0.5) is 8.78 Å². The predicted octanol–water partition coefficient (Wildman–Crippen LogP) is 5.88. The lowest BCUT2D eigenvalue weighted by atomic mass is 10.1. The molecule has 1 aliphatic heterocycles. The molecule has 1 aromatic carbocycles. The van der Waals surface area contributed by atoms with Crippen molar-refractivity contribution in [2.45, 2.75) is 44.9 Å². The van der Waals surface area contributed by atoms with E-state index in [9.17, 15) is 8.78 Å². The van der Waals surface area contributed by atoms with Crippen LogP contribution in [0.25, 0.3) is 21.6 Å². The fraction of sp³-hybridized carbons (Fsp3) is 0.375. The number of aryl methyl sites for hydroxylation is 1. The molecule has 33 heavy (non-hydrogen) atoms. The van der Waals surface area contributed by atoms with E-state index in [4.69, 9.17) is 4.74 Å². The summed E-state index contributed by atoms with van der Waals surface area (Å²) in [4.78, 5) is 12.8. The Hall–Kier alpha value is -2.91. The SMILES string of the molecule is C1CCOCC1.Cc1cccnn1.Fc1ccc(-c2ncnc3nc(C4CC4)sc23)c(F)c1. The molecule has 6 rings (SSSR count). The van der Waals surface area contributed by atoms with Crippen molar-refractivity contribution in [2.75, 3.05) is 13.2 Å². The zero-order valence-electron chi connectivity index (χ0n) is 18.4. The molecule has 1 saturated carbocycles. The average Bonchev–Trinajstić information content (AvgIpc) is 3.60. The van der Waals surface area contributed by atoms with E-state index in [1.807, 2.05) is 19.1 Å². The molecule has 0 atom stereocenters. The van der Waals surface area contributed by atoms with E-state index in [-0.39, 0.29) is 5.56 Å². The van der Waals surface area contributed by atoms with Gasteiger partial charge in [-0.15, -0.1) is 11.3 Å². The van der Waals surface area contributed by atoms with Crippen LogP contribution >= 0.6 is 11.3 Å². The van der Waals surface area contributed by atoms with Gasteiger partial charge in [0.05, 0.1) is 16.4 Å². The molecule has 2 fully saturated rings. The van der Waals surface area contributed by atoms with Gasteiger partial charge >= 0.3 is 0 Å². The molecule has 0 amide bonds. The van der Waals surface area contributed by atoms with Gasteiger partial charge in [0.15, 0.2) is 5.65 Å². The summed E-state index contributed by atoms with van der Waals surface area (Å²) >= 11 is 1.51. The lowest BCUT2D eigenvalue weighted by Crippen LogP contribution is -2.03. The molecule has 4 aromatic rings. The van der Waals surface area contributed by atoms with Gasteiger partial charge in [-0.05, 0) is 63.3 Å². The van der Waals surface area contributed by atoms with E-state index in [1.54, 1.807) is 6.20 Å². The van der Waals surface area contributed by atoms with Crippen LogP contribution in [0, 0.1) is 18.6 Å². The van der Waals surface area contributed by atoms with Gasteiger partial charge in [0.25, 0.3) is 0 Å². The van der Waals surface area contributed by atoms with Crippen LogP contribution in [-0.2, 0) is 4.74 Å². The second-order valence-electron chi connectivity index (χ2n) is 7.86. The fourth-order valence-corrected chi connectivity index (χ4v) is 4.41. The maximum Gasteiger partial charge on any atom is 0.174 e. The molecule has 9 heteroatoms. The molecule has 0 bridgehead atoms. The third-order valence-corrected chi connectivity index (χ3v) is 6.32. The summed E-state index contributed by atoms with van der Waals surface area (Å²) in [6, 6.07) is 7.28. The number of hydrogen-bond acceptors (Lipinski definition) is 7. The first-order valence-electron chi connectivity index (χ1n) is 11.0. The van der Waals surface area contributed by atoms with Crippen LogP contribution in [0.1, 0.15) is 48.7 Å². The van der Waals surface area contributed by atoms with Gasteiger partial charge in [-0.2, -0.15) is 10.2 Å². The van der Waals surface area contributed by atoms with Gasteiger partial charge in [-0.1, -0.05) is 0 Å². The molecule has 6 nitrogen and oxygen atoms in total. The zero-order chi connectivity index (χ0) is 23.0. The van der Waals surface area contributed by atoms with Crippen molar-refractivity contribution in [3.05, 3.63) is 65.2 Å². The van der Waals surface area contributed by atoms with Crippen LogP contribution in [0.3, 0.4) is 0 Å². The average molecular weight is 470 g/mol. The number of ether oxygens (including phenoxy) is 1. The Labute approximate surface area is 195 Å². The van der Waals surface area contributed by atoms with Gasteiger partial charge in [-0.25, -0.2) is 23.7 Å². The maximum absolute atomic E-state index is 13.9. The number of aromatic nitrogens is 5. The smallest absolute Gasteiger partial charge is 0.174 e. The molecule has 3 aromatic heterocycles. The van der Waals surface area contributed by atoms with Crippen LogP contribution in [0.15, 0.2) is 42.9 Å². The lowest BCUT2D eigenvalue weighted by molar-refractivity contribution is 0.0968. The molecule has 172 valence electrons. The first-order chi connectivity index (χ1) is 16.1. The quantitative estimate of drug-likeness (QED) is 0.365. The van der Waals surface area contributed by atoms with E-state index in [0.29, 0.717) is 17.3 Å². The number of fused-ring (bicyclic) bond motifs is 1. The largest absolute Gasteiger partial charge is 0.381 e. The number of benzene rings is 1. The normalized spacial score (nSPS) is 15.2. The van der Waals surface area contributed by atoms with E-state index in [1.165, 1.54) is 49.1 Å². The highest BCUT2D eigenvalue weighted by Crippen LogP contribution is 2.44. The number of nitrogens with zero attached hydrogens (tertiary/aromatic N) is 5. The summed E-state index contributed by atoms with van der Waals surface area (Å²) in [6.07, 6.45) is 9.25. The first-order valence-corrected chi connectivity index (χ1v) is 11.8. The van der Waals surface area contributed by atoms with Gasteiger partial charge < -0.3 is 4.74 Å². The number of halogens is 2. The van der Waals surface area contributed by atoms with Crippen LogP contribution in [0.2, 0.25) is 0 Å². The third-order valence-electron chi connectivity index (χ3n) is 5.10. The standard InChI is InChI=1S/C14H9F2N3S.C5H6N2.C5H10O/c15-8-3-4-9(10(16)5-8)11-12-13(18-6-17-11)19-14(20-12)7-1-2-7;1-5-3-2-4-6-7-5;1-2-4-6-5-3-1/h3-7H,1-2H2;2-4H,1H3;1-5H2. The Balaban J connectivity index is 0.000000163. The van der Waals surface area contributed by atoms with E-state index in [0.717, 1.165) is 47.5 Å². The molecule has 2 aliphatic rings. The highest BCUT2D eigenvalue weighted by molar-refractivity contribution is 7.19. The highest BCUT2D eigenvalue weighted by atomic mass is 32.1. The molecule has 0 radical (unpaired) electrons. The maximum atomic E-state index is 13.9. The summed E-state index contributed by atoms with van der Waals surface area (Å²) in [5, 5.41) is 8.40. The van der Waals surface area contributed by atoms with Crippen molar-refractivity contribution < 1.29 is 13.5 Å². The summed E-state index contributed by atoms with van der Waals surface area (Å²) < 4.78 is 32.8. The number of rotatable bonds is 2. The van der Waals surface area contributed by atoms with Crippen molar-refractivity contribution in [3.8, 4) is 11.3 Å². The molecule has 0 N–H and O–H groups in total. The third kappa shape index (κ3) is 6.55. The minimum Gasteiger partial charge on any atom is -0.381 e. The number of hydrogen-bond donors (Lipinski definition) is 0. The fourth-order valence-electron chi connectivity index (χ4n) is 3.21. The molecular weight excluding hydrogens is 444 g/mol.